The van der Waals surface area contributed by atoms with Gasteiger partial charge in [0.05, 0.1) is 13.2 Å². The van der Waals surface area contributed by atoms with Crippen LogP contribution in [0, 0.1) is 30.9 Å². The molecule has 1 aliphatic rings. The predicted octanol–water partition coefficient (Wildman–Crippen LogP) is 2.00. The molecule has 0 radical (unpaired) electrons. The third-order valence-corrected chi connectivity index (χ3v) is 2.18. The number of fused-ring (bicyclic) bond motifs is 1. The second kappa shape index (κ2) is 3.13. The van der Waals surface area contributed by atoms with Gasteiger partial charge >= 0.3 is 0 Å². The van der Waals surface area contributed by atoms with Crippen molar-refractivity contribution in [3.05, 3.63) is 34.4 Å². The molecule has 0 spiro atoms. The molecule has 0 aliphatic carbocycles. The van der Waals surface area contributed by atoms with E-state index in [2.05, 4.69) is 24.0 Å². The summed E-state index contributed by atoms with van der Waals surface area (Å²) < 4.78 is 5.34. The SMILES string of the molecule is CC#Cc1c(C)c#cc2c1COC2. The number of ether oxygens (including phenoxy) is 1. The van der Waals surface area contributed by atoms with Gasteiger partial charge in [-0.05, 0) is 13.8 Å². The van der Waals surface area contributed by atoms with Crippen LogP contribution in [0.2, 0.25) is 0 Å². The molecule has 1 nitrogen and oxygen atoms in total. The third-order valence-electron chi connectivity index (χ3n) is 2.18. The lowest BCUT2D eigenvalue weighted by molar-refractivity contribution is 0.134. The zero-order valence-electron chi connectivity index (χ0n) is 7.82. The van der Waals surface area contributed by atoms with E-state index < -0.39 is 0 Å². The van der Waals surface area contributed by atoms with Gasteiger partial charge in [-0.2, -0.15) is 0 Å². The number of rotatable bonds is 0. The second-order valence-corrected chi connectivity index (χ2v) is 3.07. The van der Waals surface area contributed by atoms with Gasteiger partial charge in [0, 0.05) is 22.3 Å². The largest absolute Gasteiger partial charge is 0.371 e. The lowest BCUT2D eigenvalue weighted by Crippen LogP contribution is -1.90. The molecule has 2 rings (SSSR count). The normalized spacial score (nSPS) is 12.8. The van der Waals surface area contributed by atoms with Crippen LogP contribution >= 0.6 is 0 Å². The average Bonchev–Trinajstić information content (AvgIpc) is 2.58. The van der Waals surface area contributed by atoms with Crippen LogP contribution in [0.3, 0.4) is 0 Å². The molecule has 1 aromatic rings. The first-order valence-electron chi connectivity index (χ1n) is 4.28. The molecule has 0 amide bonds. The van der Waals surface area contributed by atoms with Crippen LogP contribution in [0.15, 0.2) is 0 Å². The topological polar surface area (TPSA) is 9.23 Å². The Balaban J connectivity index is 2.62. The Morgan fingerprint density at radius 1 is 1.31 bits per heavy atom. The van der Waals surface area contributed by atoms with Gasteiger partial charge in [-0.15, -0.1) is 5.92 Å². The molecule has 0 fully saturated rings. The Labute approximate surface area is 78.7 Å². The molecule has 1 aliphatic heterocycles. The van der Waals surface area contributed by atoms with Crippen LogP contribution in [0.5, 0.6) is 0 Å². The molecule has 0 saturated heterocycles. The predicted molar refractivity (Wildman–Crippen MR) is 49.9 cm³/mol. The molecular formula is C12H10O. The van der Waals surface area contributed by atoms with Crippen LogP contribution in [-0.4, -0.2) is 0 Å². The molecule has 13 heavy (non-hydrogen) atoms. The summed E-state index contributed by atoms with van der Waals surface area (Å²) in [6, 6.07) is 6.18. The average molecular weight is 170 g/mol. The van der Waals surface area contributed by atoms with Gasteiger partial charge in [0.25, 0.3) is 0 Å². The first kappa shape index (κ1) is 8.17. The quantitative estimate of drug-likeness (QED) is 0.541. The van der Waals surface area contributed by atoms with E-state index in [0.717, 1.165) is 16.7 Å². The number of hydrogen-bond donors (Lipinski definition) is 0. The number of hydrogen-bond acceptors (Lipinski definition) is 1. The standard InChI is InChI=1S/C12H10O/c1-3-4-11-9(2)5-6-10-7-13-8-12(10)11/h7-8H2,1-2H3. The van der Waals surface area contributed by atoms with E-state index in [9.17, 15) is 0 Å². The molecule has 0 bridgehead atoms. The van der Waals surface area contributed by atoms with Crippen molar-refractivity contribution in [1.82, 2.24) is 0 Å². The van der Waals surface area contributed by atoms with E-state index in [4.69, 9.17) is 4.74 Å². The molecule has 64 valence electrons. The van der Waals surface area contributed by atoms with E-state index in [1.165, 1.54) is 5.56 Å². The third kappa shape index (κ3) is 1.28. The summed E-state index contributed by atoms with van der Waals surface area (Å²) >= 11 is 0. The lowest BCUT2D eigenvalue weighted by Gasteiger charge is -1.99. The van der Waals surface area contributed by atoms with Crippen molar-refractivity contribution in [2.24, 2.45) is 0 Å². The fraction of sp³-hybridized carbons (Fsp3) is 0.333. The van der Waals surface area contributed by atoms with E-state index >= 15 is 0 Å². The van der Waals surface area contributed by atoms with Crippen LogP contribution in [0.25, 0.3) is 0 Å². The minimum absolute atomic E-state index is 0.657. The van der Waals surface area contributed by atoms with Gasteiger partial charge in [-0.25, -0.2) is 0 Å². The maximum absolute atomic E-state index is 5.34. The van der Waals surface area contributed by atoms with Crippen molar-refractivity contribution in [3.63, 3.8) is 0 Å². The fourth-order valence-corrected chi connectivity index (χ4v) is 1.52. The summed E-state index contributed by atoms with van der Waals surface area (Å²) in [5.41, 5.74) is 4.46. The molecule has 0 atom stereocenters. The van der Waals surface area contributed by atoms with Crippen LogP contribution in [-0.2, 0) is 18.0 Å². The zero-order chi connectivity index (χ0) is 9.26. The fourth-order valence-electron chi connectivity index (χ4n) is 1.52. The Morgan fingerprint density at radius 2 is 2.15 bits per heavy atom. The summed E-state index contributed by atoms with van der Waals surface area (Å²) in [7, 11) is 0. The highest BCUT2D eigenvalue weighted by atomic mass is 16.5. The monoisotopic (exact) mass is 170 g/mol. The Hall–Kier alpha value is -1.44. The van der Waals surface area contributed by atoms with Crippen molar-refractivity contribution < 1.29 is 4.74 Å². The van der Waals surface area contributed by atoms with Gasteiger partial charge in [-0.3, -0.25) is 0 Å². The van der Waals surface area contributed by atoms with Crippen molar-refractivity contribution in [2.75, 3.05) is 0 Å². The van der Waals surface area contributed by atoms with Crippen molar-refractivity contribution in [1.29, 1.82) is 0 Å². The maximum Gasteiger partial charge on any atom is 0.0804 e. The van der Waals surface area contributed by atoms with E-state index in [-0.39, 0.29) is 0 Å². The minimum atomic E-state index is 0.657. The summed E-state index contributed by atoms with van der Waals surface area (Å²) in [5, 5.41) is 0. The first-order valence-corrected chi connectivity index (χ1v) is 4.28. The lowest BCUT2D eigenvalue weighted by atomic mass is 10.0. The van der Waals surface area contributed by atoms with Gasteiger partial charge in [-0.1, -0.05) is 18.1 Å². The summed E-state index contributed by atoms with van der Waals surface area (Å²) in [5.74, 6) is 6.01. The molecule has 1 heteroatoms. The maximum atomic E-state index is 5.34. The molecule has 1 aromatic carbocycles. The molecule has 0 N–H and O–H groups in total. The Bertz CT molecular complexity index is 394. The Kier molecular flexibility index (Phi) is 1.97. The van der Waals surface area contributed by atoms with Gasteiger partial charge < -0.3 is 4.74 Å². The van der Waals surface area contributed by atoms with E-state index in [1.807, 2.05) is 13.8 Å². The van der Waals surface area contributed by atoms with Gasteiger partial charge in [0.1, 0.15) is 0 Å². The van der Waals surface area contributed by atoms with Crippen molar-refractivity contribution >= 4 is 0 Å². The highest BCUT2D eigenvalue weighted by molar-refractivity contribution is 5.48. The summed E-state index contributed by atoms with van der Waals surface area (Å²) in [4.78, 5) is 0. The molecule has 0 saturated carbocycles. The van der Waals surface area contributed by atoms with Crippen LogP contribution in [0.1, 0.15) is 29.2 Å². The smallest absolute Gasteiger partial charge is 0.0804 e. The van der Waals surface area contributed by atoms with Crippen LogP contribution in [0.4, 0.5) is 0 Å². The highest BCUT2D eigenvalue weighted by Gasteiger charge is 2.15. The highest BCUT2D eigenvalue weighted by Crippen LogP contribution is 2.22. The molecule has 1 heterocycles. The van der Waals surface area contributed by atoms with E-state index in [1.54, 1.807) is 0 Å². The second-order valence-electron chi connectivity index (χ2n) is 3.07. The molecule has 0 aromatic heterocycles. The zero-order valence-corrected chi connectivity index (χ0v) is 7.82. The summed E-state index contributed by atoms with van der Waals surface area (Å²) in [6.07, 6.45) is 0. The van der Waals surface area contributed by atoms with E-state index in [0.29, 0.717) is 13.2 Å². The van der Waals surface area contributed by atoms with Crippen molar-refractivity contribution in [3.8, 4) is 11.8 Å². The van der Waals surface area contributed by atoms with Crippen molar-refractivity contribution in [2.45, 2.75) is 27.1 Å². The summed E-state index contributed by atoms with van der Waals surface area (Å²) in [6.45, 7) is 5.18. The molecule has 0 unspecified atom stereocenters. The minimum Gasteiger partial charge on any atom is -0.371 e. The van der Waals surface area contributed by atoms with Gasteiger partial charge in [0.2, 0.25) is 0 Å². The molecular weight excluding hydrogens is 160 g/mol. The Morgan fingerprint density at radius 3 is 2.92 bits per heavy atom. The van der Waals surface area contributed by atoms with Gasteiger partial charge in [0.15, 0.2) is 0 Å². The van der Waals surface area contributed by atoms with Crippen LogP contribution < -0.4 is 0 Å². The first-order chi connectivity index (χ1) is 6.33.